The van der Waals surface area contributed by atoms with Crippen molar-refractivity contribution >= 4 is 40.2 Å². The van der Waals surface area contributed by atoms with E-state index in [9.17, 15) is 19.2 Å². The Morgan fingerprint density at radius 3 is 2.40 bits per heavy atom. The van der Waals surface area contributed by atoms with Gasteiger partial charge in [-0.2, -0.15) is 0 Å². The SMILES string of the molecule is COC(=O)N[C@H](C(=O)N1CCC[C@H]1c1ncc(-c2ccc(-c3cn4cc(CC(=O)C5CCCN5C(=O)OC(C)(C)C)nc4s3)cc2)[nH]1)C(C)C. The molecule has 266 valence electrons. The first-order valence-corrected chi connectivity index (χ1v) is 17.9. The topological polar surface area (TPSA) is 151 Å². The summed E-state index contributed by atoms with van der Waals surface area (Å²) in [7, 11) is 1.29. The van der Waals surface area contributed by atoms with Crippen LogP contribution in [0.2, 0.25) is 0 Å². The number of fused-ring (bicyclic) bond motifs is 1. The van der Waals surface area contributed by atoms with E-state index < -0.39 is 29.9 Å². The molecule has 14 heteroatoms. The lowest BCUT2D eigenvalue weighted by Gasteiger charge is -2.30. The van der Waals surface area contributed by atoms with E-state index >= 15 is 0 Å². The van der Waals surface area contributed by atoms with E-state index in [2.05, 4.69) is 15.3 Å². The van der Waals surface area contributed by atoms with Gasteiger partial charge in [0.15, 0.2) is 10.7 Å². The lowest BCUT2D eigenvalue weighted by atomic mass is 10.0. The van der Waals surface area contributed by atoms with Gasteiger partial charge in [-0.3, -0.25) is 18.9 Å². The number of thiazole rings is 1. The minimum absolute atomic E-state index is 0.0283. The van der Waals surface area contributed by atoms with Gasteiger partial charge in [-0.25, -0.2) is 19.6 Å². The van der Waals surface area contributed by atoms with Gasteiger partial charge in [-0.15, -0.1) is 0 Å². The molecule has 3 atom stereocenters. The summed E-state index contributed by atoms with van der Waals surface area (Å²) in [5, 5.41) is 2.69. The number of aromatic amines is 1. The highest BCUT2D eigenvalue weighted by molar-refractivity contribution is 7.20. The number of benzene rings is 1. The zero-order valence-corrected chi connectivity index (χ0v) is 30.2. The molecule has 6 rings (SSSR count). The van der Waals surface area contributed by atoms with E-state index in [1.807, 2.05) is 75.7 Å². The van der Waals surface area contributed by atoms with Crippen molar-refractivity contribution in [1.82, 2.24) is 34.5 Å². The summed E-state index contributed by atoms with van der Waals surface area (Å²) in [5.41, 5.74) is 2.90. The number of hydrogen-bond acceptors (Lipinski definition) is 9. The lowest BCUT2D eigenvalue weighted by Crippen LogP contribution is -2.51. The predicted octanol–water partition coefficient (Wildman–Crippen LogP) is 6.01. The molecule has 0 spiro atoms. The van der Waals surface area contributed by atoms with Crippen LogP contribution in [0.15, 0.2) is 42.9 Å². The predicted molar refractivity (Wildman–Crippen MR) is 189 cm³/mol. The Morgan fingerprint density at radius 2 is 1.72 bits per heavy atom. The maximum Gasteiger partial charge on any atom is 0.410 e. The van der Waals surface area contributed by atoms with Gasteiger partial charge >= 0.3 is 12.2 Å². The number of carbonyl (C=O) groups is 4. The number of nitrogens with one attached hydrogen (secondary N) is 2. The molecular formula is C36H45N7O6S. The van der Waals surface area contributed by atoms with E-state index in [1.165, 1.54) is 7.11 Å². The number of imidazole rings is 2. The maximum atomic E-state index is 13.5. The first kappa shape index (κ1) is 35.1. The lowest BCUT2D eigenvalue weighted by molar-refractivity contribution is -0.135. The van der Waals surface area contributed by atoms with Crippen LogP contribution in [0.5, 0.6) is 0 Å². The molecule has 4 aromatic rings. The van der Waals surface area contributed by atoms with Gasteiger partial charge in [0.2, 0.25) is 5.91 Å². The number of Topliss-reactive ketones (excluding diaryl/α,β-unsaturated/α-hetero) is 1. The maximum absolute atomic E-state index is 13.5. The summed E-state index contributed by atoms with van der Waals surface area (Å²) in [6.45, 7) is 10.4. The van der Waals surface area contributed by atoms with Crippen LogP contribution >= 0.6 is 11.3 Å². The second-order valence-corrected chi connectivity index (χ2v) is 15.3. The van der Waals surface area contributed by atoms with Crippen molar-refractivity contribution in [3.05, 3.63) is 54.4 Å². The third-order valence-corrected chi connectivity index (χ3v) is 10.2. The fourth-order valence-electron chi connectivity index (χ4n) is 6.66. The first-order valence-electron chi connectivity index (χ1n) is 17.1. The monoisotopic (exact) mass is 703 g/mol. The van der Waals surface area contributed by atoms with Crippen molar-refractivity contribution in [3.63, 3.8) is 0 Å². The summed E-state index contributed by atoms with van der Waals surface area (Å²) in [5.74, 6) is 0.441. The number of carbonyl (C=O) groups excluding carboxylic acids is 4. The molecule has 0 bridgehead atoms. The van der Waals surface area contributed by atoms with Crippen LogP contribution in [0.4, 0.5) is 9.59 Å². The molecule has 5 heterocycles. The Labute approximate surface area is 295 Å². The van der Waals surface area contributed by atoms with Gasteiger partial charge in [0, 0.05) is 25.5 Å². The molecule has 0 radical (unpaired) electrons. The number of H-pyrrole nitrogens is 1. The standard InChI is InChI=1S/C36H45N7O6S/c1-21(2)30(40-34(46)48-6)32(45)42-15-8-10-27(42)31-37-18-25(39-31)22-11-13-23(14-12-22)29-20-41-19-24(38-33(41)50-29)17-28(44)26-9-7-16-43(26)35(47)49-36(3,4)5/h11-14,18-21,26-27,30H,7-10,15-17H2,1-6H3,(H,37,39)(H,40,46)/t26?,27-,30-/m0/s1. The Balaban J connectivity index is 1.10. The molecule has 1 aromatic carbocycles. The van der Waals surface area contributed by atoms with Gasteiger partial charge < -0.3 is 24.7 Å². The van der Waals surface area contributed by atoms with Crippen LogP contribution in [-0.2, 0) is 25.5 Å². The fraction of sp³-hybridized carbons (Fsp3) is 0.500. The second kappa shape index (κ2) is 14.3. The molecule has 3 amide bonds. The highest BCUT2D eigenvalue weighted by atomic mass is 32.1. The Morgan fingerprint density at radius 1 is 1.02 bits per heavy atom. The van der Waals surface area contributed by atoms with E-state index in [-0.39, 0.29) is 30.1 Å². The Kier molecular flexibility index (Phi) is 10.0. The summed E-state index contributed by atoms with van der Waals surface area (Å²) in [4.78, 5) is 69.2. The largest absolute Gasteiger partial charge is 0.453 e. The smallest absolute Gasteiger partial charge is 0.410 e. The average molecular weight is 704 g/mol. The van der Waals surface area contributed by atoms with Crippen molar-refractivity contribution < 1.29 is 28.7 Å². The van der Waals surface area contributed by atoms with Crippen molar-refractivity contribution in [3.8, 4) is 21.7 Å². The van der Waals surface area contributed by atoms with Gasteiger partial charge in [0.25, 0.3) is 0 Å². The highest BCUT2D eigenvalue weighted by Gasteiger charge is 2.38. The number of rotatable bonds is 9. The zero-order chi connectivity index (χ0) is 35.7. The van der Waals surface area contributed by atoms with E-state index in [0.29, 0.717) is 25.2 Å². The molecule has 13 nitrogen and oxygen atoms in total. The Hall–Kier alpha value is -4.72. The van der Waals surface area contributed by atoms with Crippen LogP contribution in [0.25, 0.3) is 26.7 Å². The van der Waals surface area contributed by atoms with Crippen LogP contribution in [0.1, 0.15) is 77.9 Å². The van der Waals surface area contributed by atoms with E-state index in [4.69, 9.17) is 14.5 Å². The number of methoxy groups -OCH3 is 1. The molecule has 0 saturated carbocycles. The molecule has 3 aromatic heterocycles. The van der Waals surface area contributed by atoms with Crippen LogP contribution in [0, 0.1) is 5.92 Å². The van der Waals surface area contributed by atoms with Crippen molar-refractivity contribution in [2.75, 3.05) is 20.2 Å². The number of nitrogens with zero attached hydrogens (tertiary/aromatic N) is 5. The number of alkyl carbamates (subject to hydrolysis) is 1. The number of ether oxygens (including phenoxy) is 2. The molecule has 0 aliphatic carbocycles. The third-order valence-electron chi connectivity index (χ3n) is 9.13. The normalized spacial score (nSPS) is 18.5. The highest BCUT2D eigenvalue weighted by Crippen LogP contribution is 2.34. The van der Waals surface area contributed by atoms with E-state index in [0.717, 1.165) is 51.7 Å². The minimum Gasteiger partial charge on any atom is -0.453 e. The van der Waals surface area contributed by atoms with Crippen LogP contribution in [0.3, 0.4) is 0 Å². The Bertz CT molecular complexity index is 1840. The third kappa shape index (κ3) is 7.54. The van der Waals surface area contributed by atoms with Gasteiger partial charge in [0.1, 0.15) is 17.5 Å². The van der Waals surface area contributed by atoms with Gasteiger partial charge in [-0.1, -0.05) is 49.4 Å². The summed E-state index contributed by atoms with van der Waals surface area (Å²) < 4.78 is 12.2. The van der Waals surface area contributed by atoms with E-state index in [1.54, 1.807) is 27.3 Å². The minimum atomic E-state index is -0.687. The van der Waals surface area contributed by atoms with Crippen LogP contribution in [-0.4, -0.2) is 90.9 Å². The quantitative estimate of drug-likeness (QED) is 0.215. The number of amides is 3. The van der Waals surface area contributed by atoms with Gasteiger partial charge in [0.05, 0.1) is 48.1 Å². The van der Waals surface area contributed by atoms with Crippen LogP contribution < -0.4 is 5.32 Å². The second-order valence-electron chi connectivity index (χ2n) is 14.3. The van der Waals surface area contributed by atoms with Crippen molar-refractivity contribution in [1.29, 1.82) is 0 Å². The van der Waals surface area contributed by atoms with Crippen molar-refractivity contribution in [2.24, 2.45) is 5.92 Å². The summed E-state index contributed by atoms with van der Waals surface area (Å²) >= 11 is 1.54. The number of ketones is 1. The number of aromatic nitrogens is 4. The molecule has 1 unspecified atom stereocenters. The number of hydrogen-bond donors (Lipinski definition) is 2. The first-order chi connectivity index (χ1) is 23.8. The molecule has 2 N–H and O–H groups in total. The van der Waals surface area contributed by atoms with Gasteiger partial charge in [-0.05, 0) is 63.5 Å². The van der Waals surface area contributed by atoms with Crippen molar-refractivity contribution in [2.45, 2.75) is 90.4 Å². The molecule has 2 saturated heterocycles. The molecule has 50 heavy (non-hydrogen) atoms. The summed E-state index contributed by atoms with van der Waals surface area (Å²) in [6, 6.07) is 6.78. The molecule has 2 aliphatic heterocycles. The average Bonchev–Trinajstić information content (AvgIpc) is 3.89. The molecule has 2 fully saturated rings. The summed E-state index contributed by atoms with van der Waals surface area (Å²) in [6.07, 6.45) is 7.80. The zero-order valence-electron chi connectivity index (χ0n) is 29.4. The fourth-order valence-corrected chi connectivity index (χ4v) is 7.65. The number of likely N-dealkylation sites (tertiary alicyclic amines) is 2. The molecule has 2 aliphatic rings. The molecular weight excluding hydrogens is 659 g/mol.